The summed E-state index contributed by atoms with van der Waals surface area (Å²) in [4.78, 5) is 0. The van der Waals surface area contributed by atoms with Gasteiger partial charge in [-0.15, -0.1) is 0 Å². The molecule has 204 valence electrons. The van der Waals surface area contributed by atoms with Crippen LogP contribution < -0.4 is 51.4 Å². The summed E-state index contributed by atoms with van der Waals surface area (Å²) in [5.74, 6) is 0.0192. The molecule has 0 N–H and O–H groups in total. The van der Waals surface area contributed by atoms with E-state index >= 15 is 0 Å². The van der Waals surface area contributed by atoms with Crippen molar-refractivity contribution in [2.24, 2.45) is 5.92 Å². The number of unbranched alkanes of at least 4 members (excludes halogenated alkanes) is 20. The average Bonchev–Trinajstić information content (AvgIpc) is 2.80. The zero-order chi connectivity index (χ0) is 25.2. The van der Waals surface area contributed by atoms with Gasteiger partial charge in [0.15, 0.2) is 0 Å². The van der Waals surface area contributed by atoms with E-state index in [1.165, 1.54) is 128 Å². The van der Waals surface area contributed by atoms with Crippen LogP contribution in [0.25, 0.3) is 0 Å². The molecule has 1 unspecified atom stereocenters. The minimum absolute atomic E-state index is 0. The number of hydrogen-bond acceptors (Lipinski definition) is 4. The summed E-state index contributed by atoms with van der Waals surface area (Å²) in [5.41, 5.74) is 0. The normalized spacial score (nSPS) is 12.8. The van der Waals surface area contributed by atoms with Gasteiger partial charge in [-0.3, -0.25) is 4.18 Å². The van der Waals surface area contributed by atoms with Crippen LogP contribution in [-0.2, 0) is 14.6 Å². The molecular weight excluding hydrogens is 483 g/mol. The Morgan fingerprint density at radius 3 is 1.40 bits per heavy atom. The van der Waals surface area contributed by atoms with Crippen molar-refractivity contribution in [2.75, 3.05) is 6.61 Å². The predicted octanol–water partition coefficient (Wildman–Crippen LogP) is 6.65. The molecule has 0 amide bonds. The maximum atomic E-state index is 10.8. The van der Waals surface area contributed by atoms with E-state index in [9.17, 15) is 13.0 Å². The van der Waals surface area contributed by atoms with Gasteiger partial charge in [-0.25, -0.2) is 8.42 Å². The molecule has 0 spiro atoms. The molecule has 0 aromatic rings. The van der Waals surface area contributed by atoms with Gasteiger partial charge in [0.1, 0.15) is 0 Å². The van der Waals surface area contributed by atoms with Crippen molar-refractivity contribution in [3.05, 3.63) is 12.2 Å². The first-order valence-electron chi connectivity index (χ1n) is 14.8. The number of hydrogen-bond donors (Lipinski definition) is 0. The van der Waals surface area contributed by atoms with Gasteiger partial charge in [0.05, 0.1) is 6.61 Å². The first-order valence-corrected chi connectivity index (χ1v) is 16.1. The molecule has 0 aromatic carbocycles. The van der Waals surface area contributed by atoms with Crippen LogP contribution in [0.5, 0.6) is 0 Å². The summed E-state index contributed by atoms with van der Waals surface area (Å²) >= 11 is 0. The fourth-order valence-corrected chi connectivity index (χ4v) is 4.86. The topological polar surface area (TPSA) is 66.4 Å². The van der Waals surface area contributed by atoms with E-state index in [0.29, 0.717) is 0 Å². The summed E-state index contributed by atoms with van der Waals surface area (Å²) in [6, 6.07) is 0. The third kappa shape index (κ3) is 33.2. The number of rotatable bonds is 27. The van der Waals surface area contributed by atoms with E-state index in [-0.39, 0.29) is 63.9 Å². The van der Waals surface area contributed by atoms with Gasteiger partial charge < -0.3 is 4.55 Å². The zero-order valence-electron chi connectivity index (χ0n) is 23.7. The first-order chi connectivity index (χ1) is 16.5. The van der Waals surface area contributed by atoms with Gasteiger partial charge in [-0.05, 0) is 19.3 Å². The molecule has 0 saturated heterocycles. The summed E-state index contributed by atoms with van der Waals surface area (Å²) in [6.07, 6.45) is 33.8. The quantitative estimate of drug-likeness (QED) is 0.0384. The molecule has 0 rings (SSSR count). The smallest absolute Gasteiger partial charge is 0.726 e. The molecule has 0 aliphatic rings. The molecule has 35 heavy (non-hydrogen) atoms. The third-order valence-corrected chi connectivity index (χ3v) is 7.16. The van der Waals surface area contributed by atoms with E-state index < -0.39 is 10.4 Å². The molecule has 1 atom stereocenters. The second-order valence-electron chi connectivity index (χ2n) is 10.2. The summed E-state index contributed by atoms with van der Waals surface area (Å²) < 4.78 is 37.1. The van der Waals surface area contributed by atoms with E-state index in [0.717, 1.165) is 19.3 Å². The van der Waals surface area contributed by atoms with Crippen LogP contribution in [-0.4, -0.2) is 19.6 Å². The van der Waals surface area contributed by atoms with Crippen LogP contribution in [0.3, 0.4) is 0 Å². The minimum atomic E-state index is -4.61. The maximum Gasteiger partial charge on any atom is 1.00 e. The van der Waals surface area contributed by atoms with Crippen molar-refractivity contribution in [1.82, 2.24) is 0 Å². The Morgan fingerprint density at radius 2 is 1.00 bits per heavy atom. The molecule has 0 aliphatic heterocycles. The average molecular weight is 541 g/mol. The molecule has 4 nitrogen and oxygen atoms in total. The minimum Gasteiger partial charge on any atom is -0.726 e. The molecule has 0 radical (unpaired) electrons. The van der Waals surface area contributed by atoms with Crippen molar-refractivity contribution < 1.29 is 68.5 Å². The molecule has 0 aromatic heterocycles. The second-order valence-corrected chi connectivity index (χ2v) is 11.2. The van der Waals surface area contributed by atoms with Crippen LogP contribution in [0.2, 0.25) is 0 Å². The van der Waals surface area contributed by atoms with Gasteiger partial charge in [0.25, 0.3) is 0 Å². The maximum absolute atomic E-state index is 10.8. The van der Waals surface area contributed by atoms with Crippen LogP contribution in [0, 0.1) is 5.92 Å². The molecule has 6 heteroatoms. The van der Waals surface area contributed by atoms with Gasteiger partial charge in [-0.1, -0.05) is 154 Å². The van der Waals surface area contributed by atoms with Crippen molar-refractivity contribution >= 4 is 10.4 Å². The Bertz CT molecular complexity index is 537. The molecule has 0 aliphatic carbocycles. The van der Waals surface area contributed by atoms with E-state index in [4.69, 9.17) is 0 Å². The van der Waals surface area contributed by atoms with Gasteiger partial charge in [0, 0.05) is 5.92 Å². The Hall–Kier alpha value is 1.25. The fraction of sp³-hybridized carbons (Fsp3) is 0.931. The van der Waals surface area contributed by atoms with Crippen LogP contribution in [0.1, 0.15) is 162 Å². The Labute approximate surface area is 262 Å². The van der Waals surface area contributed by atoms with Crippen molar-refractivity contribution in [3.63, 3.8) is 0 Å². The summed E-state index contributed by atoms with van der Waals surface area (Å²) in [6.45, 7) is 4.49. The molecule has 0 saturated carbocycles. The SMILES string of the molecule is CCCCCCCCCCCCCCC/C=C/C(CCCCCCCCCC)COS(=O)(=O)[O-].[K+]. The van der Waals surface area contributed by atoms with Crippen molar-refractivity contribution in [2.45, 2.75) is 162 Å². The zero-order valence-corrected chi connectivity index (χ0v) is 27.7. The van der Waals surface area contributed by atoms with Gasteiger partial charge >= 0.3 is 51.4 Å². The Kier molecular flexibility index (Phi) is 32.7. The standard InChI is InChI=1S/C29H58O4S.K/c1-3-5-7-9-11-13-14-15-16-17-18-19-21-23-25-27-29(28-33-34(30,31)32)26-24-22-20-12-10-8-6-4-2;/h25,27,29H,3-24,26,28H2,1-2H3,(H,30,31,32);/q;+1/p-1/b27-25+;. The Morgan fingerprint density at radius 1 is 0.629 bits per heavy atom. The first kappa shape index (κ1) is 38.4. The largest absolute Gasteiger partial charge is 1.00 e. The molecule has 0 bridgehead atoms. The summed E-state index contributed by atoms with van der Waals surface area (Å²) in [5, 5.41) is 0. The van der Waals surface area contributed by atoms with Gasteiger partial charge in [-0.2, -0.15) is 0 Å². The monoisotopic (exact) mass is 540 g/mol. The summed E-state index contributed by atoms with van der Waals surface area (Å²) in [7, 11) is -4.61. The van der Waals surface area contributed by atoms with Crippen molar-refractivity contribution in [1.29, 1.82) is 0 Å². The fourth-order valence-electron chi connectivity index (χ4n) is 4.51. The molecule has 0 fully saturated rings. The molecular formula is C29H57KO4S. The number of allylic oxidation sites excluding steroid dienone is 1. The van der Waals surface area contributed by atoms with Crippen molar-refractivity contribution in [3.8, 4) is 0 Å². The predicted molar refractivity (Wildman–Crippen MR) is 146 cm³/mol. The van der Waals surface area contributed by atoms with E-state index in [1.54, 1.807) is 0 Å². The van der Waals surface area contributed by atoms with Crippen LogP contribution in [0.4, 0.5) is 0 Å². The third-order valence-electron chi connectivity index (χ3n) is 6.74. The molecule has 0 heterocycles. The van der Waals surface area contributed by atoms with Gasteiger partial charge in [0.2, 0.25) is 10.4 Å². The Balaban J connectivity index is 0. The second kappa shape index (κ2) is 29.8. The van der Waals surface area contributed by atoms with E-state index in [2.05, 4.69) is 30.2 Å². The van der Waals surface area contributed by atoms with Crippen LogP contribution in [0.15, 0.2) is 12.2 Å². The van der Waals surface area contributed by atoms with Crippen LogP contribution >= 0.6 is 0 Å². The van der Waals surface area contributed by atoms with E-state index in [1.807, 2.05) is 0 Å².